The first-order valence-corrected chi connectivity index (χ1v) is 8.71. The molecule has 20 heavy (non-hydrogen) atoms. The quantitative estimate of drug-likeness (QED) is 0.821. The third-order valence-electron chi connectivity index (χ3n) is 4.11. The number of thioether (sulfide) groups is 1. The van der Waals surface area contributed by atoms with Crippen molar-refractivity contribution in [2.75, 3.05) is 18.1 Å². The fraction of sp³-hybridized carbons (Fsp3) is 0.857. The number of rotatable bonds is 2. The van der Waals surface area contributed by atoms with Crippen molar-refractivity contribution in [2.45, 2.75) is 57.0 Å². The summed E-state index contributed by atoms with van der Waals surface area (Å²) < 4.78 is 0. The van der Waals surface area contributed by atoms with Crippen LogP contribution in [-0.2, 0) is 4.79 Å². The van der Waals surface area contributed by atoms with Crippen molar-refractivity contribution in [3.63, 3.8) is 0 Å². The second kappa shape index (κ2) is 7.76. The van der Waals surface area contributed by atoms with Crippen LogP contribution in [0.15, 0.2) is 0 Å². The van der Waals surface area contributed by atoms with E-state index in [-0.39, 0.29) is 12.1 Å². The van der Waals surface area contributed by atoms with Gasteiger partial charge in [0, 0.05) is 24.1 Å². The molecule has 0 spiro atoms. The van der Waals surface area contributed by atoms with E-state index in [2.05, 4.69) is 5.32 Å². The minimum atomic E-state index is -0.898. The van der Waals surface area contributed by atoms with E-state index in [1.807, 2.05) is 0 Å². The van der Waals surface area contributed by atoms with Gasteiger partial charge in [0.05, 0.1) is 0 Å². The largest absolute Gasteiger partial charge is 0.480 e. The van der Waals surface area contributed by atoms with Gasteiger partial charge in [-0.3, -0.25) is 0 Å². The van der Waals surface area contributed by atoms with Crippen LogP contribution in [0.1, 0.15) is 44.9 Å². The average molecular weight is 300 g/mol. The van der Waals surface area contributed by atoms with Gasteiger partial charge in [-0.05, 0) is 12.8 Å². The molecular formula is C14H24N2O3S. The molecule has 1 heterocycles. The number of urea groups is 1. The van der Waals surface area contributed by atoms with Crippen molar-refractivity contribution >= 4 is 23.8 Å². The first-order chi connectivity index (χ1) is 9.68. The zero-order chi connectivity index (χ0) is 14.4. The van der Waals surface area contributed by atoms with Gasteiger partial charge in [-0.25, -0.2) is 9.59 Å². The third kappa shape index (κ3) is 4.30. The molecule has 2 aliphatic rings. The SMILES string of the molecule is O=C(O)C1CSCCN1C(=O)NC1CCCCCCC1. The highest BCUT2D eigenvalue weighted by Gasteiger charge is 2.33. The van der Waals surface area contributed by atoms with Gasteiger partial charge in [-0.15, -0.1) is 0 Å². The molecule has 1 saturated carbocycles. The summed E-state index contributed by atoms with van der Waals surface area (Å²) in [5.41, 5.74) is 0. The number of carbonyl (C=O) groups is 2. The summed E-state index contributed by atoms with van der Waals surface area (Å²) in [6.45, 7) is 0.528. The van der Waals surface area contributed by atoms with E-state index in [0.29, 0.717) is 12.3 Å². The van der Waals surface area contributed by atoms with Crippen LogP contribution < -0.4 is 5.32 Å². The molecule has 0 aromatic carbocycles. The Kier molecular flexibility index (Phi) is 6.01. The Bertz CT molecular complexity index is 343. The van der Waals surface area contributed by atoms with E-state index in [1.165, 1.54) is 24.2 Å². The number of carboxylic acid groups (broad SMARTS) is 1. The molecule has 0 bridgehead atoms. The molecule has 1 atom stereocenters. The third-order valence-corrected chi connectivity index (χ3v) is 5.13. The molecule has 1 unspecified atom stereocenters. The van der Waals surface area contributed by atoms with Crippen molar-refractivity contribution in [1.82, 2.24) is 10.2 Å². The second-order valence-corrected chi connectivity index (χ2v) is 6.76. The number of hydrogen-bond donors (Lipinski definition) is 2. The predicted molar refractivity (Wildman–Crippen MR) is 80.1 cm³/mol. The zero-order valence-electron chi connectivity index (χ0n) is 11.8. The summed E-state index contributed by atoms with van der Waals surface area (Å²) in [6, 6.07) is -0.655. The Morgan fingerprint density at radius 1 is 1.10 bits per heavy atom. The van der Waals surface area contributed by atoms with E-state index in [9.17, 15) is 14.7 Å². The fourth-order valence-corrected chi connectivity index (χ4v) is 3.95. The Morgan fingerprint density at radius 2 is 1.75 bits per heavy atom. The summed E-state index contributed by atoms with van der Waals surface area (Å²) in [4.78, 5) is 25.0. The highest BCUT2D eigenvalue weighted by Crippen LogP contribution is 2.20. The number of nitrogens with zero attached hydrogens (tertiary/aromatic N) is 1. The molecular weight excluding hydrogens is 276 g/mol. The summed E-state index contributed by atoms with van der Waals surface area (Å²) in [7, 11) is 0. The van der Waals surface area contributed by atoms with Gasteiger partial charge < -0.3 is 15.3 Å². The molecule has 0 aromatic rings. The normalized spacial score (nSPS) is 25.6. The molecule has 1 aliphatic carbocycles. The minimum absolute atomic E-state index is 0.191. The number of carboxylic acids is 1. The Hall–Kier alpha value is -0.910. The summed E-state index contributed by atoms with van der Waals surface area (Å²) in [6.07, 6.45) is 8.13. The minimum Gasteiger partial charge on any atom is -0.480 e. The van der Waals surface area contributed by atoms with Gasteiger partial charge in [0.2, 0.25) is 0 Å². The Labute approximate surface area is 124 Å². The number of hydrogen-bond acceptors (Lipinski definition) is 3. The van der Waals surface area contributed by atoms with Crippen LogP contribution in [-0.4, -0.2) is 52.1 Å². The van der Waals surface area contributed by atoms with Crippen LogP contribution in [0, 0.1) is 0 Å². The van der Waals surface area contributed by atoms with Crippen LogP contribution in [0.3, 0.4) is 0 Å². The number of amides is 2. The van der Waals surface area contributed by atoms with Gasteiger partial charge in [-0.2, -0.15) is 11.8 Å². The van der Waals surface area contributed by atoms with E-state index in [0.717, 1.165) is 31.4 Å². The molecule has 2 N–H and O–H groups in total. The summed E-state index contributed by atoms with van der Waals surface area (Å²) in [5, 5.41) is 12.3. The molecule has 2 fully saturated rings. The maximum atomic E-state index is 12.3. The van der Waals surface area contributed by atoms with Crippen LogP contribution in [0.25, 0.3) is 0 Å². The lowest BCUT2D eigenvalue weighted by molar-refractivity contribution is -0.141. The number of nitrogens with one attached hydrogen (secondary N) is 1. The van der Waals surface area contributed by atoms with Crippen LogP contribution >= 0.6 is 11.8 Å². The lowest BCUT2D eigenvalue weighted by atomic mass is 9.97. The van der Waals surface area contributed by atoms with Gasteiger partial charge in [0.15, 0.2) is 0 Å². The van der Waals surface area contributed by atoms with E-state index in [1.54, 1.807) is 11.8 Å². The van der Waals surface area contributed by atoms with Gasteiger partial charge in [-0.1, -0.05) is 32.1 Å². The molecule has 1 saturated heterocycles. The first-order valence-electron chi connectivity index (χ1n) is 7.56. The molecule has 1 aliphatic heterocycles. The predicted octanol–water partition coefficient (Wildman–Crippen LogP) is 2.31. The van der Waals surface area contributed by atoms with Crippen LogP contribution in [0.2, 0.25) is 0 Å². The first kappa shape index (κ1) is 15.5. The maximum Gasteiger partial charge on any atom is 0.327 e. The fourth-order valence-electron chi connectivity index (χ4n) is 2.91. The summed E-state index contributed by atoms with van der Waals surface area (Å²) >= 11 is 1.60. The van der Waals surface area contributed by atoms with Crippen molar-refractivity contribution in [3.8, 4) is 0 Å². The monoisotopic (exact) mass is 300 g/mol. The van der Waals surface area contributed by atoms with Crippen molar-refractivity contribution in [2.24, 2.45) is 0 Å². The smallest absolute Gasteiger partial charge is 0.327 e. The van der Waals surface area contributed by atoms with E-state index >= 15 is 0 Å². The van der Waals surface area contributed by atoms with Gasteiger partial charge in [0.1, 0.15) is 6.04 Å². The molecule has 2 rings (SSSR count). The van der Waals surface area contributed by atoms with E-state index in [4.69, 9.17) is 0 Å². The molecule has 114 valence electrons. The number of carbonyl (C=O) groups excluding carboxylic acids is 1. The van der Waals surface area contributed by atoms with Gasteiger partial charge in [0.25, 0.3) is 0 Å². The second-order valence-electron chi connectivity index (χ2n) is 5.61. The van der Waals surface area contributed by atoms with Crippen molar-refractivity contribution in [1.29, 1.82) is 0 Å². The van der Waals surface area contributed by atoms with Crippen LogP contribution in [0.5, 0.6) is 0 Å². The Balaban J connectivity index is 1.89. The molecule has 6 heteroatoms. The molecule has 0 aromatic heterocycles. The lowest BCUT2D eigenvalue weighted by Gasteiger charge is -2.34. The average Bonchev–Trinajstić information content (AvgIpc) is 2.41. The maximum absolute atomic E-state index is 12.3. The summed E-state index contributed by atoms with van der Waals surface area (Å²) in [5.74, 6) is 0.417. The van der Waals surface area contributed by atoms with Crippen molar-refractivity contribution in [3.05, 3.63) is 0 Å². The molecule has 2 amide bonds. The Morgan fingerprint density at radius 3 is 2.40 bits per heavy atom. The van der Waals surface area contributed by atoms with Gasteiger partial charge >= 0.3 is 12.0 Å². The highest BCUT2D eigenvalue weighted by atomic mass is 32.2. The molecule has 0 radical (unpaired) electrons. The van der Waals surface area contributed by atoms with Crippen LogP contribution in [0.4, 0.5) is 4.79 Å². The van der Waals surface area contributed by atoms with Crippen molar-refractivity contribution < 1.29 is 14.7 Å². The van der Waals surface area contributed by atoms with E-state index < -0.39 is 12.0 Å². The highest BCUT2D eigenvalue weighted by molar-refractivity contribution is 7.99. The zero-order valence-corrected chi connectivity index (χ0v) is 12.7. The topological polar surface area (TPSA) is 69.6 Å². The standard InChI is InChI=1S/C14H24N2O3S/c17-13(18)12-10-20-9-8-16(12)14(19)15-11-6-4-2-1-3-5-7-11/h11-12H,1-10H2,(H,15,19)(H,17,18). The molecule has 5 nitrogen and oxygen atoms in total. The number of aliphatic carboxylic acids is 1. The lowest BCUT2D eigenvalue weighted by Crippen LogP contribution is -2.55.